The number of carbonyl (C=O) groups excluding carboxylic acids is 1. The van der Waals surface area contributed by atoms with E-state index in [0.29, 0.717) is 0 Å². The van der Waals surface area contributed by atoms with Crippen LogP contribution in [0.3, 0.4) is 0 Å². The summed E-state index contributed by atoms with van der Waals surface area (Å²) < 4.78 is 20.2. The van der Waals surface area contributed by atoms with Gasteiger partial charge in [-0.1, -0.05) is 0 Å². The van der Waals surface area contributed by atoms with Gasteiger partial charge >= 0.3 is 11.4 Å². The minimum absolute atomic E-state index is 0.0356. The lowest BCUT2D eigenvalue weighted by Crippen LogP contribution is -2.46. The van der Waals surface area contributed by atoms with Gasteiger partial charge in [-0.05, 0) is 6.92 Å². The molecule has 2 atom stereocenters. The van der Waals surface area contributed by atoms with Crippen molar-refractivity contribution in [1.82, 2.24) is 5.06 Å². The maximum atomic E-state index is 11.5. The van der Waals surface area contributed by atoms with Gasteiger partial charge in [0.15, 0.2) is 5.60 Å². The van der Waals surface area contributed by atoms with Crippen molar-refractivity contribution in [3.05, 3.63) is 0 Å². The lowest BCUT2D eigenvalue weighted by molar-refractivity contribution is -0.183. The quantitative estimate of drug-likeness (QED) is 0.568. The third kappa shape index (κ3) is 2.05. The summed E-state index contributed by atoms with van der Waals surface area (Å²) in [6, 6.07) is 0. The molecule has 0 radical (unpaired) electrons. The summed E-state index contributed by atoms with van der Waals surface area (Å²) in [5, 5.41) is 1.01. The lowest BCUT2D eigenvalue weighted by atomic mass is 10.1. The molecule has 1 heterocycles. The predicted molar refractivity (Wildman–Crippen MR) is 43.4 cm³/mol. The zero-order chi connectivity index (χ0) is 10.1. The highest BCUT2D eigenvalue weighted by Crippen LogP contribution is 2.23. The van der Waals surface area contributed by atoms with Crippen molar-refractivity contribution < 1.29 is 22.2 Å². The number of hydroxylamine groups is 2. The van der Waals surface area contributed by atoms with Gasteiger partial charge in [-0.3, -0.25) is 13.8 Å². The Hall–Kier alpha value is -0.500. The van der Waals surface area contributed by atoms with E-state index in [0.717, 1.165) is 5.06 Å². The Morgan fingerprint density at radius 1 is 1.69 bits per heavy atom. The highest BCUT2D eigenvalue weighted by atomic mass is 32.2. The van der Waals surface area contributed by atoms with Crippen molar-refractivity contribution in [2.75, 3.05) is 20.8 Å². The molecule has 0 aromatic carbocycles. The van der Waals surface area contributed by atoms with Gasteiger partial charge in [0.1, 0.15) is 6.61 Å². The first-order chi connectivity index (χ1) is 5.99. The first-order valence-corrected chi connectivity index (χ1v) is 4.56. The molecule has 0 N–H and O–H groups in total. The number of hydrogen-bond donors (Lipinski definition) is 0. The molecule has 1 rings (SSSR count). The predicted octanol–water partition coefficient (Wildman–Crippen LogP) is -0.610. The number of hydrogen-bond acceptors (Lipinski definition) is 5. The van der Waals surface area contributed by atoms with E-state index in [4.69, 9.17) is 4.18 Å². The summed E-state index contributed by atoms with van der Waals surface area (Å²) in [6.07, 6.45) is 0. The van der Waals surface area contributed by atoms with E-state index in [1.54, 1.807) is 0 Å². The van der Waals surface area contributed by atoms with E-state index in [2.05, 4.69) is 9.02 Å². The Kier molecular flexibility index (Phi) is 3.01. The van der Waals surface area contributed by atoms with E-state index in [1.807, 2.05) is 0 Å². The average Bonchev–Trinajstić information content (AvgIpc) is 2.45. The fourth-order valence-corrected chi connectivity index (χ4v) is 1.66. The van der Waals surface area contributed by atoms with Gasteiger partial charge in [-0.2, -0.15) is 4.21 Å². The van der Waals surface area contributed by atoms with Gasteiger partial charge in [0.2, 0.25) is 0 Å². The molecule has 1 unspecified atom stereocenters. The van der Waals surface area contributed by atoms with Crippen molar-refractivity contribution in [3.8, 4) is 0 Å². The molecule has 1 aliphatic heterocycles. The van der Waals surface area contributed by atoms with E-state index in [9.17, 15) is 9.00 Å². The number of carbonyl (C=O) groups is 1. The highest BCUT2D eigenvalue weighted by Gasteiger charge is 2.45. The van der Waals surface area contributed by atoms with E-state index >= 15 is 0 Å². The smallest absolute Gasteiger partial charge is 0.274 e. The SMILES string of the molecule is CON(C)C(=O)[C@]1(C)COS(=O)O1. The lowest BCUT2D eigenvalue weighted by Gasteiger charge is -2.23. The largest absolute Gasteiger partial charge is 0.305 e. The molecule has 1 aliphatic rings. The molecule has 0 spiro atoms. The van der Waals surface area contributed by atoms with Crippen LogP contribution in [0.4, 0.5) is 0 Å². The fraction of sp³-hybridized carbons (Fsp3) is 0.833. The Bertz CT molecular complexity index is 245. The first kappa shape index (κ1) is 10.6. The summed E-state index contributed by atoms with van der Waals surface area (Å²) in [7, 11) is 2.80. The Balaban J connectivity index is 2.70. The minimum Gasteiger partial charge on any atom is -0.274 e. The van der Waals surface area contributed by atoms with Crippen LogP contribution in [-0.2, 0) is 29.4 Å². The average molecular weight is 209 g/mol. The molecule has 1 saturated heterocycles. The monoisotopic (exact) mass is 209 g/mol. The molecule has 7 heteroatoms. The standard InChI is InChI=1S/C6H11NO5S/c1-6(4-11-13(9)12-6)5(8)7(2)10-3/h4H2,1-3H3/t6-,13?/m0/s1. The van der Waals surface area contributed by atoms with Crippen molar-refractivity contribution in [2.45, 2.75) is 12.5 Å². The van der Waals surface area contributed by atoms with Crippen LogP contribution in [0.1, 0.15) is 6.92 Å². The van der Waals surface area contributed by atoms with Gasteiger partial charge in [-0.25, -0.2) is 9.25 Å². The fourth-order valence-electron chi connectivity index (χ4n) is 0.872. The molecule has 13 heavy (non-hydrogen) atoms. The van der Waals surface area contributed by atoms with Crippen LogP contribution in [0.15, 0.2) is 0 Å². The molecule has 0 aliphatic carbocycles. The maximum Gasteiger partial charge on any atom is 0.305 e. The van der Waals surface area contributed by atoms with Crippen LogP contribution >= 0.6 is 0 Å². The van der Waals surface area contributed by atoms with Crippen LogP contribution < -0.4 is 0 Å². The maximum absolute atomic E-state index is 11.5. The Morgan fingerprint density at radius 3 is 2.69 bits per heavy atom. The zero-order valence-corrected chi connectivity index (χ0v) is 8.42. The topological polar surface area (TPSA) is 65.1 Å². The molecule has 1 amide bonds. The van der Waals surface area contributed by atoms with Crippen molar-refractivity contribution in [3.63, 3.8) is 0 Å². The number of nitrogens with zero attached hydrogens (tertiary/aromatic N) is 1. The summed E-state index contributed by atoms with van der Waals surface area (Å²) in [5.74, 6) is -0.430. The summed E-state index contributed by atoms with van der Waals surface area (Å²) in [6.45, 7) is 1.46. The molecule has 1 fully saturated rings. The van der Waals surface area contributed by atoms with Crippen LogP contribution in [0, 0.1) is 0 Å². The first-order valence-electron chi connectivity index (χ1n) is 3.56. The van der Waals surface area contributed by atoms with Gasteiger partial charge in [0.05, 0.1) is 7.11 Å². The van der Waals surface area contributed by atoms with Gasteiger partial charge in [-0.15, -0.1) is 0 Å². The second-order valence-corrected chi connectivity index (χ2v) is 3.58. The van der Waals surface area contributed by atoms with Crippen molar-refractivity contribution >= 4 is 17.3 Å². The molecule has 6 nitrogen and oxygen atoms in total. The van der Waals surface area contributed by atoms with Crippen LogP contribution in [-0.4, -0.2) is 41.5 Å². The molecule has 0 bridgehead atoms. The van der Waals surface area contributed by atoms with Gasteiger partial charge < -0.3 is 0 Å². The van der Waals surface area contributed by atoms with Crippen LogP contribution in [0.25, 0.3) is 0 Å². The van der Waals surface area contributed by atoms with Gasteiger partial charge in [0, 0.05) is 7.05 Å². The highest BCUT2D eigenvalue weighted by molar-refractivity contribution is 7.75. The third-order valence-corrected chi connectivity index (χ3v) is 2.51. The molecule has 0 aromatic heterocycles. The number of likely N-dealkylation sites (N-methyl/N-ethyl adjacent to an activating group) is 1. The summed E-state index contributed by atoms with van der Waals surface area (Å²) in [4.78, 5) is 16.2. The van der Waals surface area contributed by atoms with E-state index in [-0.39, 0.29) is 6.61 Å². The van der Waals surface area contributed by atoms with E-state index in [1.165, 1.54) is 21.1 Å². The van der Waals surface area contributed by atoms with Crippen molar-refractivity contribution in [1.29, 1.82) is 0 Å². The molecule has 0 saturated carbocycles. The molecule has 0 aromatic rings. The Morgan fingerprint density at radius 2 is 2.31 bits per heavy atom. The molecule has 76 valence electrons. The van der Waals surface area contributed by atoms with Crippen molar-refractivity contribution in [2.24, 2.45) is 0 Å². The van der Waals surface area contributed by atoms with Gasteiger partial charge in [0.25, 0.3) is 5.91 Å². The summed E-state index contributed by atoms with van der Waals surface area (Å²) >= 11 is -1.83. The third-order valence-electron chi connectivity index (χ3n) is 1.69. The minimum atomic E-state index is -1.83. The zero-order valence-electron chi connectivity index (χ0n) is 7.60. The summed E-state index contributed by atoms with van der Waals surface area (Å²) in [5.41, 5.74) is -1.21. The molecular formula is C6H11NO5S. The molecular weight excluding hydrogens is 198 g/mol. The van der Waals surface area contributed by atoms with Crippen LogP contribution in [0.5, 0.6) is 0 Å². The Labute approximate surface area is 78.6 Å². The van der Waals surface area contributed by atoms with Crippen LogP contribution in [0.2, 0.25) is 0 Å². The van der Waals surface area contributed by atoms with E-state index < -0.39 is 22.9 Å². The second-order valence-electron chi connectivity index (χ2n) is 2.77. The number of amides is 1. The number of rotatable bonds is 2. The second kappa shape index (κ2) is 3.70. The normalized spacial score (nSPS) is 33.3.